The van der Waals surface area contributed by atoms with Gasteiger partial charge in [0.15, 0.2) is 0 Å². The maximum Gasteiger partial charge on any atom is 0.223 e. The molecule has 1 aliphatic rings. The lowest BCUT2D eigenvalue weighted by atomic mass is 10.1. The lowest BCUT2D eigenvalue weighted by Gasteiger charge is -2.30. The molecule has 0 bridgehead atoms. The number of piperidine rings is 1. The third-order valence-corrected chi connectivity index (χ3v) is 2.25. The highest BCUT2D eigenvalue weighted by atomic mass is 16.2. The van der Waals surface area contributed by atoms with Crippen molar-refractivity contribution in [1.29, 1.82) is 0 Å². The van der Waals surface area contributed by atoms with Crippen LogP contribution in [0.2, 0.25) is 0 Å². The minimum atomic E-state index is 0.171. The van der Waals surface area contributed by atoms with Crippen LogP contribution >= 0.6 is 0 Å². The quantitative estimate of drug-likeness (QED) is 0.576. The molecule has 1 heterocycles. The van der Waals surface area contributed by atoms with Crippen molar-refractivity contribution < 1.29 is 4.79 Å². The molecule has 1 aliphatic heterocycles. The molecular weight excluding hydrogens is 154 g/mol. The van der Waals surface area contributed by atoms with E-state index in [4.69, 9.17) is 11.5 Å². The molecule has 1 saturated heterocycles. The second kappa shape index (κ2) is 4.42. The van der Waals surface area contributed by atoms with Gasteiger partial charge in [-0.05, 0) is 12.8 Å². The number of carbonyl (C=O) groups excluding carboxylic acids is 1. The molecule has 0 radical (unpaired) electrons. The maximum absolute atomic E-state index is 11.3. The maximum atomic E-state index is 11.3. The molecule has 1 rings (SSSR count). The summed E-state index contributed by atoms with van der Waals surface area (Å²) in [7, 11) is 0. The Morgan fingerprint density at radius 1 is 1.42 bits per heavy atom. The highest BCUT2D eigenvalue weighted by Gasteiger charge is 2.19. The van der Waals surface area contributed by atoms with Gasteiger partial charge in [0.1, 0.15) is 0 Å². The molecule has 0 aromatic carbocycles. The van der Waals surface area contributed by atoms with Gasteiger partial charge in [0.05, 0.1) is 0 Å². The molecular formula is C8H17N3O. The summed E-state index contributed by atoms with van der Waals surface area (Å²) in [5.41, 5.74) is 11.0. The predicted molar refractivity (Wildman–Crippen MR) is 47.5 cm³/mol. The van der Waals surface area contributed by atoms with Crippen molar-refractivity contribution >= 4 is 5.91 Å². The Morgan fingerprint density at radius 2 is 2.00 bits per heavy atom. The number of likely N-dealkylation sites (tertiary alicyclic amines) is 1. The highest BCUT2D eigenvalue weighted by molar-refractivity contribution is 5.76. The topological polar surface area (TPSA) is 72.4 Å². The fourth-order valence-corrected chi connectivity index (χ4v) is 1.43. The van der Waals surface area contributed by atoms with Crippen molar-refractivity contribution in [3.05, 3.63) is 0 Å². The first kappa shape index (κ1) is 9.48. The Hall–Kier alpha value is -0.610. The molecule has 12 heavy (non-hydrogen) atoms. The lowest BCUT2D eigenvalue weighted by Crippen LogP contribution is -2.43. The van der Waals surface area contributed by atoms with Crippen molar-refractivity contribution in [2.75, 3.05) is 19.6 Å². The smallest absolute Gasteiger partial charge is 0.223 e. The van der Waals surface area contributed by atoms with Crippen LogP contribution in [-0.2, 0) is 4.79 Å². The summed E-state index contributed by atoms with van der Waals surface area (Å²) in [5.74, 6) is 0.171. The van der Waals surface area contributed by atoms with Gasteiger partial charge in [-0.2, -0.15) is 0 Å². The summed E-state index contributed by atoms with van der Waals surface area (Å²) in [6.07, 6.45) is 2.32. The van der Waals surface area contributed by atoms with E-state index in [0.29, 0.717) is 13.0 Å². The largest absolute Gasteiger partial charge is 0.343 e. The lowest BCUT2D eigenvalue weighted by molar-refractivity contribution is -0.131. The molecule has 1 fully saturated rings. The summed E-state index contributed by atoms with van der Waals surface area (Å²) in [6.45, 7) is 2.06. The van der Waals surface area contributed by atoms with Crippen LogP contribution in [0.4, 0.5) is 0 Å². The molecule has 70 valence electrons. The molecule has 4 heteroatoms. The van der Waals surface area contributed by atoms with Gasteiger partial charge < -0.3 is 16.4 Å². The van der Waals surface area contributed by atoms with E-state index in [1.165, 1.54) is 0 Å². The van der Waals surface area contributed by atoms with Gasteiger partial charge in [0.25, 0.3) is 0 Å². The molecule has 4 nitrogen and oxygen atoms in total. The van der Waals surface area contributed by atoms with Gasteiger partial charge in [0.2, 0.25) is 5.91 Å². The van der Waals surface area contributed by atoms with Crippen molar-refractivity contribution in [3.8, 4) is 0 Å². The van der Waals surface area contributed by atoms with Crippen LogP contribution in [0.1, 0.15) is 19.3 Å². The van der Waals surface area contributed by atoms with Gasteiger partial charge in [-0.15, -0.1) is 0 Å². The second-order valence-electron chi connectivity index (χ2n) is 3.26. The van der Waals surface area contributed by atoms with Crippen LogP contribution in [0.15, 0.2) is 0 Å². The first-order chi connectivity index (χ1) is 5.74. The molecule has 0 aliphatic carbocycles. The van der Waals surface area contributed by atoms with Crippen molar-refractivity contribution in [2.24, 2.45) is 11.5 Å². The van der Waals surface area contributed by atoms with Crippen molar-refractivity contribution in [2.45, 2.75) is 25.3 Å². The second-order valence-corrected chi connectivity index (χ2v) is 3.26. The Labute approximate surface area is 72.9 Å². The molecule has 0 aromatic rings. The van der Waals surface area contributed by atoms with Gasteiger partial charge in [-0.25, -0.2) is 0 Å². The number of nitrogens with two attached hydrogens (primary N) is 2. The van der Waals surface area contributed by atoms with Crippen LogP contribution < -0.4 is 11.5 Å². The van der Waals surface area contributed by atoms with Crippen LogP contribution in [0.25, 0.3) is 0 Å². The minimum Gasteiger partial charge on any atom is -0.343 e. The number of amides is 1. The van der Waals surface area contributed by atoms with Gasteiger partial charge in [-0.1, -0.05) is 0 Å². The average Bonchev–Trinajstić information content (AvgIpc) is 2.06. The van der Waals surface area contributed by atoms with E-state index in [1.54, 1.807) is 0 Å². The summed E-state index contributed by atoms with van der Waals surface area (Å²) < 4.78 is 0. The molecule has 1 amide bonds. The number of hydrogen-bond donors (Lipinski definition) is 2. The predicted octanol–water partition coefficient (Wildman–Crippen LogP) is -0.715. The summed E-state index contributed by atoms with van der Waals surface area (Å²) in [4.78, 5) is 13.2. The molecule has 0 aromatic heterocycles. The summed E-state index contributed by atoms with van der Waals surface area (Å²) in [6, 6.07) is 0.284. The van der Waals surface area contributed by atoms with Gasteiger partial charge in [-0.3, -0.25) is 4.79 Å². The van der Waals surface area contributed by atoms with Crippen LogP contribution in [-0.4, -0.2) is 36.5 Å². The highest BCUT2D eigenvalue weighted by Crippen LogP contribution is 2.08. The summed E-state index contributed by atoms with van der Waals surface area (Å²) in [5, 5.41) is 0. The zero-order valence-corrected chi connectivity index (χ0v) is 7.33. The Balaban J connectivity index is 2.29. The fourth-order valence-electron chi connectivity index (χ4n) is 1.43. The summed E-state index contributed by atoms with van der Waals surface area (Å²) >= 11 is 0. The standard InChI is InChI=1S/C8H17N3O/c9-4-1-8(12)11-5-2-7(10)3-6-11/h7H,1-6,9-10H2. The Morgan fingerprint density at radius 3 is 2.50 bits per heavy atom. The monoisotopic (exact) mass is 171 g/mol. The molecule has 0 spiro atoms. The number of hydrogen-bond acceptors (Lipinski definition) is 3. The Bertz CT molecular complexity index is 152. The van der Waals surface area contributed by atoms with E-state index in [9.17, 15) is 4.79 Å². The van der Waals surface area contributed by atoms with E-state index in [1.807, 2.05) is 4.90 Å². The third kappa shape index (κ3) is 2.46. The number of nitrogens with zero attached hydrogens (tertiary/aromatic N) is 1. The van der Waals surface area contributed by atoms with E-state index >= 15 is 0 Å². The average molecular weight is 171 g/mol. The van der Waals surface area contributed by atoms with Crippen LogP contribution in [0.3, 0.4) is 0 Å². The van der Waals surface area contributed by atoms with Crippen molar-refractivity contribution in [3.63, 3.8) is 0 Å². The van der Waals surface area contributed by atoms with E-state index in [-0.39, 0.29) is 11.9 Å². The number of carbonyl (C=O) groups is 1. The molecule has 0 saturated carbocycles. The van der Waals surface area contributed by atoms with Gasteiger partial charge >= 0.3 is 0 Å². The first-order valence-electron chi connectivity index (χ1n) is 4.47. The molecule has 0 atom stereocenters. The van der Waals surface area contributed by atoms with Crippen LogP contribution in [0.5, 0.6) is 0 Å². The zero-order valence-electron chi connectivity index (χ0n) is 7.33. The van der Waals surface area contributed by atoms with E-state index < -0.39 is 0 Å². The first-order valence-corrected chi connectivity index (χ1v) is 4.47. The number of rotatable bonds is 2. The molecule has 0 unspecified atom stereocenters. The third-order valence-electron chi connectivity index (χ3n) is 2.25. The van der Waals surface area contributed by atoms with Crippen molar-refractivity contribution in [1.82, 2.24) is 4.90 Å². The normalized spacial score (nSPS) is 19.7. The molecule has 4 N–H and O–H groups in total. The van der Waals surface area contributed by atoms with Crippen LogP contribution in [0, 0.1) is 0 Å². The fraction of sp³-hybridized carbons (Fsp3) is 0.875. The van der Waals surface area contributed by atoms with E-state index in [2.05, 4.69) is 0 Å². The minimum absolute atomic E-state index is 0.171. The Kier molecular flexibility index (Phi) is 3.49. The SMILES string of the molecule is NCCC(=O)N1CCC(N)CC1. The zero-order chi connectivity index (χ0) is 8.97. The van der Waals surface area contributed by atoms with Gasteiger partial charge in [0, 0.05) is 32.1 Å². The van der Waals surface area contributed by atoms with E-state index in [0.717, 1.165) is 25.9 Å².